The van der Waals surface area contributed by atoms with Crippen LogP contribution in [-0.4, -0.2) is 26.7 Å². The van der Waals surface area contributed by atoms with Crippen LogP contribution in [0.15, 0.2) is 65.3 Å². The minimum absolute atomic E-state index is 0.0279. The third-order valence-electron chi connectivity index (χ3n) is 4.69. The van der Waals surface area contributed by atoms with Gasteiger partial charge in [-0.05, 0) is 55.3 Å². The lowest BCUT2D eigenvalue weighted by Crippen LogP contribution is -2.33. The summed E-state index contributed by atoms with van der Waals surface area (Å²) in [5.74, 6) is 0.481. The van der Waals surface area contributed by atoms with Crippen molar-refractivity contribution in [2.75, 3.05) is 0 Å². The van der Waals surface area contributed by atoms with Gasteiger partial charge in [-0.25, -0.2) is 4.98 Å². The molecule has 0 fully saturated rings. The van der Waals surface area contributed by atoms with Gasteiger partial charge in [0.05, 0.1) is 0 Å². The molecule has 1 N–H and O–H groups in total. The highest BCUT2D eigenvalue weighted by molar-refractivity contribution is 6.30. The molecule has 0 aliphatic rings. The lowest BCUT2D eigenvalue weighted by atomic mass is 10.1. The van der Waals surface area contributed by atoms with Crippen LogP contribution in [0, 0.1) is 0 Å². The Morgan fingerprint density at radius 1 is 1.24 bits per heavy atom. The summed E-state index contributed by atoms with van der Waals surface area (Å²) in [6.45, 7) is 2.74. The van der Waals surface area contributed by atoms with Crippen LogP contribution in [0.4, 0.5) is 0 Å². The molecule has 0 saturated heterocycles. The summed E-state index contributed by atoms with van der Waals surface area (Å²) in [7, 11) is 0. The van der Waals surface area contributed by atoms with Gasteiger partial charge in [0.15, 0.2) is 11.5 Å². The van der Waals surface area contributed by atoms with E-state index in [9.17, 15) is 4.79 Å². The number of hydrogen-bond donors (Lipinski definition) is 1. The largest absolute Gasteiger partial charge is 0.440 e. The van der Waals surface area contributed by atoms with Gasteiger partial charge >= 0.3 is 0 Å². The van der Waals surface area contributed by atoms with Crippen LogP contribution in [0.3, 0.4) is 0 Å². The Morgan fingerprint density at radius 3 is 2.83 bits per heavy atom. The fourth-order valence-corrected chi connectivity index (χ4v) is 3.23. The van der Waals surface area contributed by atoms with Crippen LogP contribution in [0.25, 0.3) is 11.1 Å². The quantitative estimate of drug-likeness (QED) is 0.489. The van der Waals surface area contributed by atoms with Crippen molar-refractivity contribution in [3.8, 4) is 0 Å². The van der Waals surface area contributed by atoms with Crippen molar-refractivity contribution in [1.29, 1.82) is 0 Å². The highest BCUT2D eigenvalue weighted by Crippen LogP contribution is 2.20. The standard InChI is InChI=1S/C22H21ClN4O2/c1-15(9-12-27-11-2-10-24-27)25-22(28)17-5-8-20-19(14-17)26-21(29-20)13-16-3-6-18(23)7-4-16/h2-8,10-11,14-15H,9,12-13H2,1H3,(H,25,28)/t15-/m1/s1. The van der Waals surface area contributed by atoms with Gasteiger partial charge in [0.2, 0.25) is 0 Å². The summed E-state index contributed by atoms with van der Waals surface area (Å²) in [6, 6.07) is 14.8. The molecule has 0 unspecified atom stereocenters. The molecule has 2 aromatic heterocycles. The van der Waals surface area contributed by atoms with E-state index in [0.29, 0.717) is 34.0 Å². The molecule has 1 amide bonds. The zero-order valence-electron chi connectivity index (χ0n) is 16.0. The van der Waals surface area contributed by atoms with E-state index in [1.54, 1.807) is 24.4 Å². The fourth-order valence-electron chi connectivity index (χ4n) is 3.11. The lowest BCUT2D eigenvalue weighted by Gasteiger charge is -2.13. The second-order valence-corrected chi connectivity index (χ2v) is 7.46. The Labute approximate surface area is 173 Å². The average molecular weight is 409 g/mol. The van der Waals surface area contributed by atoms with Crippen molar-refractivity contribution in [2.45, 2.75) is 32.4 Å². The molecule has 0 radical (unpaired) electrons. The summed E-state index contributed by atoms with van der Waals surface area (Å²) in [5.41, 5.74) is 2.96. The number of halogens is 1. The van der Waals surface area contributed by atoms with E-state index in [-0.39, 0.29) is 11.9 Å². The van der Waals surface area contributed by atoms with E-state index < -0.39 is 0 Å². The van der Waals surface area contributed by atoms with Crippen LogP contribution < -0.4 is 5.32 Å². The molecule has 6 nitrogen and oxygen atoms in total. The van der Waals surface area contributed by atoms with Crippen LogP contribution in [0.2, 0.25) is 5.02 Å². The Bertz CT molecular complexity index is 1100. The summed E-state index contributed by atoms with van der Waals surface area (Å²) in [4.78, 5) is 17.1. The van der Waals surface area contributed by atoms with Gasteiger partial charge < -0.3 is 9.73 Å². The number of aromatic nitrogens is 3. The minimum atomic E-state index is -0.123. The molecular formula is C22H21ClN4O2. The van der Waals surface area contributed by atoms with Gasteiger partial charge in [-0.2, -0.15) is 5.10 Å². The monoisotopic (exact) mass is 408 g/mol. The second-order valence-electron chi connectivity index (χ2n) is 7.03. The molecule has 0 bridgehead atoms. The number of amides is 1. The lowest BCUT2D eigenvalue weighted by molar-refractivity contribution is 0.0937. The van der Waals surface area contributed by atoms with Crippen molar-refractivity contribution >= 4 is 28.6 Å². The number of carbonyl (C=O) groups is 1. The Morgan fingerprint density at radius 2 is 2.07 bits per heavy atom. The van der Waals surface area contributed by atoms with E-state index in [4.69, 9.17) is 16.0 Å². The maximum Gasteiger partial charge on any atom is 0.251 e. The van der Waals surface area contributed by atoms with Crippen molar-refractivity contribution in [3.63, 3.8) is 0 Å². The second kappa shape index (κ2) is 8.49. The van der Waals surface area contributed by atoms with Gasteiger partial charge in [0.25, 0.3) is 5.91 Å². The number of hydrogen-bond acceptors (Lipinski definition) is 4. The van der Waals surface area contributed by atoms with E-state index >= 15 is 0 Å². The average Bonchev–Trinajstić information content (AvgIpc) is 3.36. The number of benzene rings is 2. The van der Waals surface area contributed by atoms with Gasteiger partial charge in [-0.1, -0.05) is 23.7 Å². The molecule has 29 heavy (non-hydrogen) atoms. The normalized spacial score (nSPS) is 12.2. The molecule has 4 rings (SSSR count). The predicted octanol–water partition coefficient (Wildman–Crippen LogP) is 4.48. The van der Waals surface area contributed by atoms with Crippen molar-refractivity contribution in [3.05, 3.63) is 83.0 Å². The maximum absolute atomic E-state index is 12.6. The number of fused-ring (bicyclic) bond motifs is 1. The number of aryl methyl sites for hydroxylation is 1. The number of carbonyl (C=O) groups excluding carboxylic acids is 1. The molecule has 0 aliphatic heterocycles. The molecule has 2 heterocycles. The van der Waals surface area contributed by atoms with Gasteiger partial charge in [-0.3, -0.25) is 9.48 Å². The van der Waals surface area contributed by atoms with Crippen LogP contribution in [0.5, 0.6) is 0 Å². The summed E-state index contributed by atoms with van der Waals surface area (Å²) >= 11 is 5.93. The molecule has 0 saturated carbocycles. The first-order valence-electron chi connectivity index (χ1n) is 9.49. The molecule has 0 spiro atoms. The van der Waals surface area contributed by atoms with E-state index in [1.807, 2.05) is 48.1 Å². The molecule has 0 aliphatic carbocycles. The fraction of sp³-hybridized carbons (Fsp3) is 0.227. The number of nitrogens with zero attached hydrogens (tertiary/aromatic N) is 3. The van der Waals surface area contributed by atoms with Gasteiger partial charge in [-0.15, -0.1) is 0 Å². The highest BCUT2D eigenvalue weighted by Gasteiger charge is 2.13. The Hall–Kier alpha value is -3.12. The Balaban J connectivity index is 1.41. The zero-order valence-corrected chi connectivity index (χ0v) is 16.8. The molecule has 7 heteroatoms. The number of rotatable bonds is 7. The van der Waals surface area contributed by atoms with E-state index in [2.05, 4.69) is 15.4 Å². The maximum atomic E-state index is 12.6. The molecule has 4 aromatic rings. The minimum Gasteiger partial charge on any atom is -0.440 e. The van der Waals surface area contributed by atoms with Gasteiger partial charge in [0.1, 0.15) is 5.52 Å². The molecule has 1 atom stereocenters. The van der Waals surface area contributed by atoms with E-state index in [1.165, 1.54) is 0 Å². The summed E-state index contributed by atoms with van der Waals surface area (Å²) < 4.78 is 7.67. The van der Waals surface area contributed by atoms with Crippen LogP contribution in [0.1, 0.15) is 35.2 Å². The molecule has 148 valence electrons. The van der Waals surface area contributed by atoms with Crippen molar-refractivity contribution in [2.24, 2.45) is 0 Å². The molecule has 2 aromatic carbocycles. The third-order valence-corrected chi connectivity index (χ3v) is 4.94. The summed E-state index contributed by atoms with van der Waals surface area (Å²) in [5, 5.41) is 7.89. The van der Waals surface area contributed by atoms with Crippen molar-refractivity contribution in [1.82, 2.24) is 20.1 Å². The summed E-state index contributed by atoms with van der Waals surface area (Å²) in [6.07, 6.45) is 5.02. The topological polar surface area (TPSA) is 73.0 Å². The van der Waals surface area contributed by atoms with Gasteiger partial charge in [0, 0.05) is 42.0 Å². The first-order chi connectivity index (χ1) is 14.1. The predicted molar refractivity (Wildman–Crippen MR) is 112 cm³/mol. The van der Waals surface area contributed by atoms with E-state index in [0.717, 1.165) is 18.5 Å². The number of nitrogens with one attached hydrogen (secondary N) is 1. The third kappa shape index (κ3) is 4.84. The highest BCUT2D eigenvalue weighted by atomic mass is 35.5. The van der Waals surface area contributed by atoms with Crippen LogP contribution in [-0.2, 0) is 13.0 Å². The Kier molecular flexibility index (Phi) is 5.62. The smallest absolute Gasteiger partial charge is 0.251 e. The van der Waals surface area contributed by atoms with Crippen molar-refractivity contribution < 1.29 is 9.21 Å². The zero-order chi connectivity index (χ0) is 20.2. The first kappa shape index (κ1) is 19.2. The first-order valence-corrected chi connectivity index (χ1v) is 9.87. The number of oxazole rings is 1. The van der Waals surface area contributed by atoms with Crippen LogP contribution >= 0.6 is 11.6 Å². The SMILES string of the molecule is C[C@H](CCn1cccn1)NC(=O)c1ccc2oc(Cc3ccc(Cl)cc3)nc2c1. The molecular weight excluding hydrogens is 388 g/mol.